The molecule has 1 aliphatic heterocycles. The lowest BCUT2D eigenvalue weighted by Gasteiger charge is -2.30. The Kier molecular flexibility index (Phi) is 5.43. The van der Waals surface area contributed by atoms with Crippen molar-refractivity contribution in [3.05, 3.63) is 92.0 Å². The standard InChI is InChI=1S/C24H18N4O8/c29-19(13-4-3-5-16(11-13)27(33)34)12-25(22(30)17-6-1-2-7-18(17)28(35)36)26-23(31)20-14-8-9-15(10-14)21(20)24(26)32/h1-9,11,14-15,20-21H,10,12H2/t14-,15-,20-,21+/m0/s1. The van der Waals surface area contributed by atoms with Crippen molar-refractivity contribution in [3.8, 4) is 0 Å². The molecule has 12 heteroatoms. The van der Waals surface area contributed by atoms with Gasteiger partial charge in [-0.05, 0) is 24.3 Å². The second kappa shape index (κ2) is 8.48. The van der Waals surface area contributed by atoms with Crippen LogP contribution in [-0.4, -0.2) is 49.9 Å². The Hall–Kier alpha value is -4.74. The number of Topliss-reactive ketones (excluding diaryl/α,β-unsaturated/α-hetero) is 1. The first-order valence-electron chi connectivity index (χ1n) is 11.1. The molecule has 2 aliphatic carbocycles. The van der Waals surface area contributed by atoms with Crippen LogP contribution < -0.4 is 0 Å². The van der Waals surface area contributed by atoms with Gasteiger partial charge in [-0.3, -0.25) is 39.4 Å². The largest absolute Gasteiger partial charge is 0.292 e. The Bertz CT molecular complexity index is 1360. The molecule has 182 valence electrons. The molecule has 1 heterocycles. The summed E-state index contributed by atoms with van der Waals surface area (Å²) in [5, 5.41) is 23.9. The zero-order valence-electron chi connectivity index (χ0n) is 18.6. The highest BCUT2D eigenvalue weighted by Gasteiger charge is 2.61. The summed E-state index contributed by atoms with van der Waals surface area (Å²) < 4.78 is 0. The fourth-order valence-corrected chi connectivity index (χ4v) is 5.33. The number of rotatable bonds is 7. The molecular formula is C24H18N4O8. The summed E-state index contributed by atoms with van der Waals surface area (Å²) in [5.74, 6) is -4.87. The topological polar surface area (TPSA) is 161 Å². The number of nitro benzene ring substituents is 2. The highest BCUT2D eigenvalue weighted by atomic mass is 16.6. The van der Waals surface area contributed by atoms with E-state index < -0.39 is 63.0 Å². The number of nitrogens with zero attached hydrogens (tertiary/aromatic N) is 4. The molecule has 2 aromatic carbocycles. The van der Waals surface area contributed by atoms with E-state index in [0.29, 0.717) is 16.4 Å². The first kappa shape index (κ1) is 23.0. The summed E-state index contributed by atoms with van der Waals surface area (Å²) in [6, 6.07) is 9.80. The average molecular weight is 490 g/mol. The Labute approximate surface area is 203 Å². The smallest absolute Gasteiger partial charge is 0.282 e. The third kappa shape index (κ3) is 3.54. The second-order valence-electron chi connectivity index (χ2n) is 8.86. The molecule has 1 saturated heterocycles. The van der Waals surface area contributed by atoms with E-state index in [2.05, 4.69) is 0 Å². The van der Waals surface area contributed by atoms with Crippen molar-refractivity contribution in [2.24, 2.45) is 23.7 Å². The number of hydrazine groups is 1. The first-order valence-corrected chi connectivity index (χ1v) is 11.1. The van der Waals surface area contributed by atoms with Gasteiger partial charge in [0.15, 0.2) is 5.78 Å². The van der Waals surface area contributed by atoms with Gasteiger partial charge in [0.2, 0.25) is 0 Å². The maximum absolute atomic E-state index is 13.6. The highest BCUT2D eigenvalue weighted by molar-refractivity contribution is 6.11. The number of benzene rings is 2. The van der Waals surface area contributed by atoms with Crippen molar-refractivity contribution in [3.63, 3.8) is 0 Å². The van der Waals surface area contributed by atoms with E-state index in [1.165, 1.54) is 36.4 Å². The zero-order valence-corrected chi connectivity index (χ0v) is 18.6. The van der Waals surface area contributed by atoms with Crippen LogP contribution in [0.1, 0.15) is 27.1 Å². The zero-order chi connectivity index (χ0) is 25.7. The minimum Gasteiger partial charge on any atom is -0.292 e. The van der Waals surface area contributed by atoms with Gasteiger partial charge >= 0.3 is 0 Å². The molecule has 5 rings (SSSR count). The molecule has 3 amide bonds. The maximum atomic E-state index is 13.6. The molecule has 2 bridgehead atoms. The predicted molar refractivity (Wildman–Crippen MR) is 121 cm³/mol. The van der Waals surface area contributed by atoms with Crippen LogP contribution in [0.5, 0.6) is 0 Å². The Morgan fingerprint density at radius 2 is 1.56 bits per heavy atom. The molecule has 12 nitrogen and oxygen atoms in total. The fourth-order valence-electron chi connectivity index (χ4n) is 5.33. The lowest BCUT2D eigenvalue weighted by molar-refractivity contribution is -0.385. The normalized spacial score (nSPS) is 23.6. The quantitative estimate of drug-likeness (QED) is 0.188. The molecule has 36 heavy (non-hydrogen) atoms. The second-order valence-corrected chi connectivity index (χ2v) is 8.86. The summed E-state index contributed by atoms with van der Waals surface area (Å²) >= 11 is 0. The molecule has 0 aromatic heterocycles. The maximum Gasteiger partial charge on any atom is 0.282 e. The summed E-state index contributed by atoms with van der Waals surface area (Å²) in [5.41, 5.74) is -1.45. The van der Waals surface area contributed by atoms with Gasteiger partial charge in [0.25, 0.3) is 29.1 Å². The fraction of sp³-hybridized carbons (Fsp3) is 0.250. The number of carbonyl (C=O) groups is 4. The molecule has 0 spiro atoms. The number of hydrogen-bond acceptors (Lipinski definition) is 8. The monoisotopic (exact) mass is 490 g/mol. The van der Waals surface area contributed by atoms with Crippen LogP contribution in [0.25, 0.3) is 0 Å². The summed E-state index contributed by atoms with van der Waals surface area (Å²) in [6.45, 7) is -0.828. The van der Waals surface area contributed by atoms with E-state index in [-0.39, 0.29) is 23.1 Å². The van der Waals surface area contributed by atoms with Gasteiger partial charge in [0, 0.05) is 23.8 Å². The van der Waals surface area contributed by atoms with Crippen molar-refractivity contribution in [2.45, 2.75) is 6.42 Å². The Balaban J connectivity index is 1.54. The summed E-state index contributed by atoms with van der Waals surface area (Å²) in [6.07, 6.45) is 4.37. The van der Waals surface area contributed by atoms with E-state index in [1.807, 2.05) is 12.2 Å². The van der Waals surface area contributed by atoms with Crippen LogP contribution in [0.2, 0.25) is 0 Å². The number of hydrogen-bond donors (Lipinski definition) is 0. The van der Waals surface area contributed by atoms with Crippen LogP contribution in [0.15, 0.2) is 60.7 Å². The number of allylic oxidation sites excluding steroid dienone is 2. The van der Waals surface area contributed by atoms with E-state index in [1.54, 1.807) is 0 Å². The molecule has 4 atom stereocenters. The number of non-ortho nitro benzene ring substituents is 1. The number of amides is 3. The van der Waals surface area contributed by atoms with E-state index in [4.69, 9.17) is 0 Å². The van der Waals surface area contributed by atoms with Crippen molar-refractivity contribution in [1.82, 2.24) is 10.0 Å². The number of fused-ring (bicyclic) bond motifs is 5. The number of nitro groups is 2. The SMILES string of the molecule is O=C(CN(C(=O)c1ccccc1[N+](=O)[O-])N1C(=O)[C@@H]2[C@H](C1=O)[C@H]1C=C[C@H]2C1)c1cccc([N+](=O)[O-])c1. The number of ketones is 1. The first-order chi connectivity index (χ1) is 17.2. The van der Waals surface area contributed by atoms with Crippen molar-refractivity contribution in [2.75, 3.05) is 6.54 Å². The molecule has 3 aliphatic rings. The molecular weight excluding hydrogens is 472 g/mol. The Morgan fingerprint density at radius 3 is 2.17 bits per heavy atom. The van der Waals surface area contributed by atoms with E-state index in [9.17, 15) is 39.4 Å². The van der Waals surface area contributed by atoms with Gasteiger partial charge in [-0.15, -0.1) is 0 Å². The molecule has 2 fully saturated rings. The summed E-state index contributed by atoms with van der Waals surface area (Å²) in [7, 11) is 0. The van der Waals surface area contributed by atoms with E-state index >= 15 is 0 Å². The Morgan fingerprint density at radius 1 is 0.917 bits per heavy atom. The number of para-hydroxylation sites is 1. The van der Waals surface area contributed by atoms with Gasteiger partial charge in [-0.1, -0.05) is 36.4 Å². The average Bonchev–Trinajstić information content (AvgIpc) is 3.56. The molecule has 1 saturated carbocycles. The van der Waals surface area contributed by atoms with Crippen molar-refractivity contribution >= 4 is 34.9 Å². The molecule has 0 unspecified atom stereocenters. The number of imide groups is 1. The highest BCUT2D eigenvalue weighted by Crippen LogP contribution is 2.52. The van der Waals surface area contributed by atoms with Gasteiger partial charge in [-0.2, -0.15) is 5.01 Å². The molecule has 0 N–H and O–H groups in total. The number of carbonyl (C=O) groups excluding carboxylic acids is 4. The predicted octanol–water partition coefficient (Wildman–Crippen LogP) is 2.55. The summed E-state index contributed by atoms with van der Waals surface area (Å²) in [4.78, 5) is 74.7. The van der Waals surface area contributed by atoms with Crippen molar-refractivity contribution < 1.29 is 29.0 Å². The van der Waals surface area contributed by atoms with Crippen LogP contribution in [0.3, 0.4) is 0 Å². The third-order valence-electron chi connectivity index (χ3n) is 6.93. The third-order valence-corrected chi connectivity index (χ3v) is 6.93. The molecule has 0 radical (unpaired) electrons. The van der Waals surface area contributed by atoms with E-state index in [0.717, 1.165) is 12.1 Å². The van der Waals surface area contributed by atoms with Crippen molar-refractivity contribution in [1.29, 1.82) is 0 Å². The van der Waals surface area contributed by atoms with Crippen LogP contribution in [0.4, 0.5) is 11.4 Å². The molecule has 2 aromatic rings. The van der Waals surface area contributed by atoms with Gasteiger partial charge in [-0.25, -0.2) is 5.01 Å². The lowest BCUT2D eigenvalue weighted by atomic mass is 9.85. The van der Waals surface area contributed by atoms with Gasteiger partial charge in [0.1, 0.15) is 12.1 Å². The van der Waals surface area contributed by atoms with Gasteiger partial charge in [0.05, 0.1) is 21.7 Å². The van der Waals surface area contributed by atoms with Gasteiger partial charge < -0.3 is 0 Å². The minimum atomic E-state index is -1.08. The lowest BCUT2D eigenvalue weighted by Crippen LogP contribution is -2.52. The minimum absolute atomic E-state index is 0.120. The van der Waals surface area contributed by atoms with Crippen LogP contribution in [-0.2, 0) is 9.59 Å². The van der Waals surface area contributed by atoms with Crippen LogP contribution in [0, 0.1) is 43.9 Å². The van der Waals surface area contributed by atoms with Crippen LogP contribution >= 0.6 is 0 Å².